The van der Waals surface area contributed by atoms with Crippen LogP contribution in [0.15, 0.2) is 12.3 Å². The third-order valence-corrected chi connectivity index (χ3v) is 2.70. The Morgan fingerprint density at radius 3 is 2.67 bits per heavy atom. The summed E-state index contributed by atoms with van der Waals surface area (Å²) >= 11 is 0. The fraction of sp³-hybridized carbons (Fsp3) is 0.500. The number of pyridine rings is 1. The fourth-order valence-electron chi connectivity index (χ4n) is 1.74. The number of anilines is 1. The maximum Gasteiger partial charge on any atom is 0.407 e. The molecule has 0 fully saturated rings. The van der Waals surface area contributed by atoms with E-state index < -0.39 is 11.7 Å². The third kappa shape index (κ3) is 6.96. The summed E-state index contributed by atoms with van der Waals surface area (Å²) in [5, 5.41) is 14.2. The fourth-order valence-corrected chi connectivity index (χ4v) is 1.74. The number of ether oxygens (including phenoxy) is 2. The van der Waals surface area contributed by atoms with Gasteiger partial charge in [0.15, 0.2) is 0 Å². The lowest BCUT2D eigenvalue weighted by Gasteiger charge is -2.19. The lowest BCUT2D eigenvalue weighted by Crippen LogP contribution is -2.33. The molecule has 2 N–H and O–H groups in total. The van der Waals surface area contributed by atoms with Crippen molar-refractivity contribution in [1.29, 1.82) is 5.26 Å². The lowest BCUT2D eigenvalue weighted by atomic mass is 10.2. The maximum absolute atomic E-state index is 11.8. The molecular formula is C16H22N4O4. The van der Waals surface area contributed by atoms with Gasteiger partial charge in [0.2, 0.25) is 11.8 Å². The Kier molecular flexibility index (Phi) is 6.98. The Morgan fingerprint density at radius 2 is 2.08 bits per heavy atom. The Hall–Kier alpha value is -2.82. The van der Waals surface area contributed by atoms with E-state index in [2.05, 4.69) is 15.6 Å². The van der Waals surface area contributed by atoms with E-state index in [0.717, 1.165) is 0 Å². The molecule has 0 aliphatic heterocycles. The Balaban J connectivity index is 2.37. The number of nitriles is 1. The number of methoxy groups -OCH3 is 1. The van der Waals surface area contributed by atoms with Gasteiger partial charge in [0.1, 0.15) is 17.2 Å². The first kappa shape index (κ1) is 19.2. The first-order valence-corrected chi connectivity index (χ1v) is 7.46. The van der Waals surface area contributed by atoms with Crippen molar-refractivity contribution in [2.75, 3.05) is 19.0 Å². The second kappa shape index (κ2) is 8.72. The van der Waals surface area contributed by atoms with Gasteiger partial charge < -0.3 is 20.1 Å². The van der Waals surface area contributed by atoms with Crippen LogP contribution in [0.1, 0.15) is 39.2 Å². The SMILES string of the molecule is COc1ncc(NC(=O)CCCNC(=O)OC(C)(C)C)cc1C#N. The maximum atomic E-state index is 11.8. The van der Waals surface area contributed by atoms with Gasteiger partial charge in [0.05, 0.1) is 19.0 Å². The molecule has 2 amide bonds. The van der Waals surface area contributed by atoms with E-state index in [1.165, 1.54) is 19.4 Å². The van der Waals surface area contributed by atoms with Crippen LogP contribution in [0.5, 0.6) is 5.88 Å². The summed E-state index contributed by atoms with van der Waals surface area (Å²) in [6.45, 7) is 5.65. The Morgan fingerprint density at radius 1 is 1.38 bits per heavy atom. The number of hydrogen-bond acceptors (Lipinski definition) is 6. The van der Waals surface area contributed by atoms with Gasteiger partial charge >= 0.3 is 6.09 Å². The van der Waals surface area contributed by atoms with Crippen molar-refractivity contribution in [3.63, 3.8) is 0 Å². The highest BCUT2D eigenvalue weighted by Gasteiger charge is 2.15. The van der Waals surface area contributed by atoms with Gasteiger partial charge in [0, 0.05) is 13.0 Å². The molecule has 24 heavy (non-hydrogen) atoms. The van der Waals surface area contributed by atoms with Crippen molar-refractivity contribution in [2.45, 2.75) is 39.2 Å². The molecule has 8 nitrogen and oxygen atoms in total. The molecule has 0 aromatic carbocycles. The second-order valence-corrected chi connectivity index (χ2v) is 5.97. The van der Waals surface area contributed by atoms with E-state index in [1.807, 2.05) is 6.07 Å². The number of hydrogen-bond donors (Lipinski definition) is 2. The van der Waals surface area contributed by atoms with Gasteiger partial charge in [-0.3, -0.25) is 4.79 Å². The zero-order chi connectivity index (χ0) is 18.2. The molecule has 0 aliphatic carbocycles. The van der Waals surface area contributed by atoms with Crippen LogP contribution in [-0.2, 0) is 9.53 Å². The molecule has 0 unspecified atom stereocenters. The molecular weight excluding hydrogens is 312 g/mol. The molecule has 1 heterocycles. The second-order valence-electron chi connectivity index (χ2n) is 5.97. The molecule has 1 rings (SSSR count). The number of alkyl carbamates (subject to hydrolysis) is 1. The quantitative estimate of drug-likeness (QED) is 0.771. The average Bonchev–Trinajstić information content (AvgIpc) is 2.49. The minimum Gasteiger partial charge on any atom is -0.480 e. The number of nitrogens with one attached hydrogen (secondary N) is 2. The zero-order valence-corrected chi connectivity index (χ0v) is 14.3. The van der Waals surface area contributed by atoms with E-state index in [9.17, 15) is 9.59 Å². The molecule has 130 valence electrons. The highest BCUT2D eigenvalue weighted by Crippen LogP contribution is 2.18. The summed E-state index contributed by atoms with van der Waals surface area (Å²) in [7, 11) is 1.42. The zero-order valence-electron chi connectivity index (χ0n) is 14.3. The summed E-state index contributed by atoms with van der Waals surface area (Å²) in [5.41, 5.74) is 0.0979. The van der Waals surface area contributed by atoms with Gasteiger partial charge in [-0.2, -0.15) is 5.26 Å². The highest BCUT2D eigenvalue weighted by molar-refractivity contribution is 5.90. The summed E-state index contributed by atoms with van der Waals surface area (Å²) in [6, 6.07) is 3.43. The van der Waals surface area contributed by atoms with Crippen molar-refractivity contribution >= 4 is 17.7 Å². The van der Waals surface area contributed by atoms with E-state index in [4.69, 9.17) is 14.7 Å². The molecule has 0 saturated carbocycles. The molecule has 0 bridgehead atoms. The van der Waals surface area contributed by atoms with Crippen LogP contribution >= 0.6 is 0 Å². The van der Waals surface area contributed by atoms with E-state index >= 15 is 0 Å². The van der Waals surface area contributed by atoms with Crippen LogP contribution in [-0.4, -0.2) is 36.2 Å². The van der Waals surface area contributed by atoms with Crippen molar-refractivity contribution in [1.82, 2.24) is 10.3 Å². The molecule has 8 heteroatoms. The van der Waals surface area contributed by atoms with Crippen LogP contribution < -0.4 is 15.4 Å². The van der Waals surface area contributed by atoms with Gasteiger partial charge in [-0.25, -0.2) is 9.78 Å². The van der Waals surface area contributed by atoms with Gasteiger partial charge in [-0.15, -0.1) is 0 Å². The predicted octanol–water partition coefficient (Wildman–Crippen LogP) is 2.21. The van der Waals surface area contributed by atoms with Crippen molar-refractivity contribution in [3.05, 3.63) is 17.8 Å². The summed E-state index contributed by atoms with van der Waals surface area (Å²) in [5.74, 6) is -0.0334. The van der Waals surface area contributed by atoms with Crippen LogP contribution in [0.2, 0.25) is 0 Å². The molecule has 0 atom stereocenters. The third-order valence-electron chi connectivity index (χ3n) is 2.70. The monoisotopic (exact) mass is 334 g/mol. The minimum atomic E-state index is -0.554. The van der Waals surface area contributed by atoms with Crippen molar-refractivity contribution < 1.29 is 19.1 Å². The number of nitrogens with zero attached hydrogens (tertiary/aromatic N) is 2. The minimum absolute atomic E-state index is 0.206. The number of rotatable bonds is 6. The van der Waals surface area contributed by atoms with Crippen molar-refractivity contribution in [2.24, 2.45) is 0 Å². The number of carbonyl (C=O) groups excluding carboxylic acids is 2. The molecule has 1 aromatic heterocycles. The molecule has 0 saturated heterocycles. The summed E-state index contributed by atoms with van der Waals surface area (Å²) < 4.78 is 10.0. The first-order chi connectivity index (χ1) is 11.2. The van der Waals surface area contributed by atoms with E-state index in [0.29, 0.717) is 18.7 Å². The number of aromatic nitrogens is 1. The van der Waals surface area contributed by atoms with E-state index in [1.54, 1.807) is 20.8 Å². The Labute approximate surface area is 141 Å². The molecule has 0 aliphatic rings. The normalized spacial score (nSPS) is 10.5. The van der Waals surface area contributed by atoms with Gasteiger partial charge in [-0.1, -0.05) is 0 Å². The van der Waals surface area contributed by atoms with E-state index in [-0.39, 0.29) is 23.8 Å². The van der Waals surface area contributed by atoms with Gasteiger partial charge in [-0.05, 0) is 33.3 Å². The first-order valence-electron chi connectivity index (χ1n) is 7.46. The number of amides is 2. The topological polar surface area (TPSA) is 113 Å². The standard InChI is InChI=1S/C16H22N4O4/c1-16(2,3)24-15(22)18-7-5-6-13(21)20-12-8-11(9-17)14(23-4)19-10-12/h8,10H,5-7H2,1-4H3,(H,18,22)(H,20,21). The average molecular weight is 334 g/mol. The molecule has 0 radical (unpaired) electrons. The van der Waals surface area contributed by atoms with Crippen LogP contribution in [0.3, 0.4) is 0 Å². The van der Waals surface area contributed by atoms with Crippen LogP contribution in [0, 0.1) is 11.3 Å². The van der Waals surface area contributed by atoms with Crippen LogP contribution in [0.4, 0.5) is 10.5 Å². The predicted molar refractivity (Wildman–Crippen MR) is 87.6 cm³/mol. The largest absolute Gasteiger partial charge is 0.480 e. The summed E-state index contributed by atoms with van der Waals surface area (Å²) in [6.07, 6.45) is 1.57. The van der Waals surface area contributed by atoms with Crippen molar-refractivity contribution in [3.8, 4) is 11.9 Å². The van der Waals surface area contributed by atoms with Crippen LogP contribution in [0.25, 0.3) is 0 Å². The number of carbonyl (C=O) groups is 2. The summed E-state index contributed by atoms with van der Waals surface area (Å²) in [4.78, 5) is 27.2. The molecule has 0 spiro atoms. The van der Waals surface area contributed by atoms with Gasteiger partial charge in [0.25, 0.3) is 0 Å². The highest BCUT2D eigenvalue weighted by atomic mass is 16.6. The Bertz CT molecular complexity index is 632. The smallest absolute Gasteiger partial charge is 0.407 e. The molecule has 1 aromatic rings. The lowest BCUT2D eigenvalue weighted by molar-refractivity contribution is -0.116.